The summed E-state index contributed by atoms with van der Waals surface area (Å²) >= 11 is 0. The fourth-order valence-electron chi connectivity index (χ4n) is 2.83. The Morgan fingerprint density at radius 3 is 2.67 bits per heavy atom. The summed E-state index contributed by atoms with van der Waals surface area (Å²) in [5.74, 6) is 0.840. The smallest absolute Gasteiger partial charge is 0.317 e. The molecule has 0 spiro atoms. The van der Waals surface area contributed by atoms with Crippen LogP contribution in [0.15, 0.2) is 24.3 Å². The molecule has 1 aromatic heterocycles. The van der Waals surface area contributed by atoms with Crippen molar-refractivity contribution < 1.29 is 9.90 Å². The Labute approximate surface area is 143 Å². The normalized spacial score (nSPS) is 11.7. The van der Waals surface area contributed by atoms with E-state index in [1.807, 2.05) is 24.3 Å². The van der Waals surface area contributed by atoms with Crippen LogP contribution in [-0.2, 0) is 13.1 Å². The maximum Gasteiger partial charge on any atom is 0.317 e. The number of benzene rings is 1. The lowest BCUT2D eigenvalue weighted by Gasteiger charge is -2.29. The monoisotopic (exact) mass is 332 g/mol. The number of urea groups is 1. The molecule has 0 saturated carbocycles. The quantitative estimate of drug-likeness (QED) is 0.854. The molecule has 0 saturated heterocycles. The van der Waals surface area contributed by atoms with Gasteiger partial charge in [-0.1, -0.05) is 32.9 Å². The number of amides is 2. The highest BCUT2D eigenvalue weighted by Crippen LogP contribution is 2.17. The fraction of sp³-hybridized carbons (Fsp3) is 0.556. The van der Waals surface area contributed by atoms with Gasteiger partial charge < -0.3 is 19.9 Å². The lowest BCUT2D eigenvalue weighted by atomic mass is 9.96. The summed E-state index contributed by atoms with van der Waals surface area (Å²) in [5, 5.41) is 12.1. The molecule has 0 aliphatic rings. The molecule has 132 valence electrons. The Bertz CT molecular complexity index is 688. The average molecular weight is 332 g/mol. The van der Waals surface area contributed by atoms with E-state index in [4.69, 9.17) is 0 Å². The van der Waals surface area contributed by atoms with Crippen molar-refractivity contribution in [1.29, 1.82) is 0 Å². The van der Waals surface area contributed by atoms with Crippen LogP contribution in [0.1, 0.15) is 33.5 Å². The first kappa shape index (κ1) is 18.3. The lowest BCUT2D eigenvalue weighted by molar-refractivity contribution is 0.152. The van der Waals surface area contributed by atoms with E-state index in [0.717, 1.165) is 23.4 Å². The number of nitrogens with one attached hydrogen (secondary N) is 1. The van der Waals surface area contributed by atoms with Crippen molar-refractivity contribution in [1.82, 2.24) is 19.8 Å². The number of aryl methyl sites for hydroxylation is 1. The summed E-state index contributed by atoms with van der Waals surface area (Å²) in [4.78, 5) is 18.7. The molecule has 2 aromatic rings. The fourth-order valence-corrected chi connectivity index (χ4v) is 2.83. The van der Waals surface area contributed by atoms with E-state index in [1.165, 1.54) is 0 Å². The molecule has 0 unspecified atom stereocenters. The van der Waals surface area contributed by atoms with Crippen molar-refractivity contribution >= 4 is 17.1 Å². The first-order chi connectivity index (χ1) is 11.4. The molecule has 0 fully saturated rings. The van der Waals surface area contributed by atoms with E-state index in [0.29, 0.717) is 19.6 Å². The van der Waals surface area contributed by atoms with E-state index >= 15 is 0 Å². The Kier molecular flexibility index (Phi) is 5.83. The summed E-state index contributed by atoms with van der Waals surface area (Å²) in [6, 6.07) is 7.79. The van der Waals surface area contributed by atoms with Crippen molar-refractivity contribution in [2.75, 3.05) is 19.7 Å². The molecule has 0 aliphatic carbocycles. The molecular weight excluding hydrogens is 304 g/mol. The summed E-state index contributed by atoms with van der Waals surface area (Å²) in [6.07, 6.45) is 0. The highest BCUT2D eigenvalue weighted by molar-refractivity contribution is 5.77. The molecule has 2 amide bonds. The summed E-state index contributed by atoms with van der Waals surface area (Å²) in [5.41, 5.74) is 1.99. The number of aliphatic hydroxyl groups excluding tert-OH is 1. The van der Waals surface area contributed by atoms with Crippen molar-refractivity contribution in [2.24, 2.45) is 5.41 Å². The van der Waals surface area contributed by atoms with Gasteiger partial charge in [0.2, 0.25) is 0 Å². The van der Waals surface area contributed by atoms with E-state index in [-0.39, 0.29) is 18.1 Å². The van der Waals surface area contributed by atoms with Gasteiger partial charge in [0, 0.05) is 19.6 Å². The molecule has 0 bridgehead atoms. The topological polar surface area (TPSA) is 70.4 Å². The second-order valence-corrected chi connectivity index (χ2v) is 7.13. The molecule has 24 heavy (non-hydrogen) atoms. The number of carbonyl (C=O) groups excluding carboxylic acids is 1. The van der Waals surface area contributed by atoms with Gasteiger partial charge in [0.15, 0.2) is 0 Å². The minimum atomic E-state index is -0.173. The summed E-state index contributed by atoms with van der Waals surface area (Å²) in [6.45, 7) is 10.3. The second-order valence-electron chi connectivity index (χ2n) is 7.13. The number of hydrogen-bond donors (Lipinski definition) is 2. The van der Waals surface area contributed by atoms with Crippen LogP contribution in [0.5, 0.6) is 0 Å². The van der Waals surface area contributed by atoms with Crippen LogP contribution in [0.2, 0.25) is 0 Å². The van der Waals surface area contributed by atoms with Gasteiger partial charge in [-0.3, -0.25) is 0 Å². The number of nitrogens with zero attached hydrogens (tertiary/aromatic N) is 3. The minimum absolute atomic E-state index is 0.0247. The number of fused-ring (bicyclic) bond motifs is 1. The first-order valence-electron chi connectivity index (χ1n) is 8.43. The van der Waals surface area contributed by atoms with Crippen LogP contribution in [0, 0.1) is 5.41 Å². The zero-order valence-electron chi connectivity index (χ0n) is 15.0. The molecule has 0 radical (unpaired) electrons. The number of imidazole rings is 1. The van der Waals surface area contributed by atoms with E-state index in [9.17, 15) is 9.90 Å². The average Bonchev–Trinajstić information content (AvgIpc) is 2.88. The number of aromatic nitrogens is 2. The number of rotatable bonds is 6. The molecule has 2 rings (SSSR count). The molecule has 1 aromatic carbocycles. The first-order valence-corrected chi connectivity index (χ1v) is 8.43. The summed E-state index contributed by atoms with van der Waals surface area (Å²) in [7, 11) is 0. The third-order valence-electron chi connectivity index (χ3n) is 3.77. The molecule has 6 nitrogen and oxygen atoms in total. The van der Waals surface area contributed by atoms with E-state index in [2.05, 4.69) is 42.6 Å². The van der Waals surface area contributed by atoms with Crippen LogP contribution in [0.25, 0.3) is 11.0 Å². The number of hydrogen-bond acceptors (Lipinski definition) is 3. The number of carbonyl (C=O) groups is 1. The molecule has 6 heteroatoms. The third-order valence-corrected chi connectivity index (χ3v) is 3.77. The van der Waals surface area contributed by atoms with Gasteiger partial charge in [0.05, 0.1) is 24.2 Å². The maximum atomic E-state index is 12.5. The van der Waals surface area contributed by atoms with Gasteiger partial charge in [0.25, 0.3) is 0 Å². The Balaban J connectivity index is 2.10. The van der Waals surface area contributed by atoms with Crippen LogP contribution in [0.4, 0.5) is 4.79 Å². The molecular formula is C18H28N4O2. The van der Waals surface area contributed by atoms with Crippen molar-refractivity contribution in [3.05, 3.63) is 30.1 Å². The summed E-state index contributed by atoms with van der Waals surface area (Å²) < 4.78 is 2.11. The van der Waals surface area contributed by atoms with Gasteiger partial charge in [-0.15, -0.1) is 0 Å². The molecule has 0 aliphatic heterocycles. The Morgan fingerprint density at radius 2 is 2.04 bits per heavy atom. The van der Waals surface area contributed by atoms with Gasteiger partial charge in [-0.2, -0.15) is 0 Å². The number of aliphatic hydroxyl groups is 1. The maximum absolute atomic E-state index is 12.5. The van der Waals surface area contributed by atoms with E-state index in [1.54, 1.807) is 4.90 Å². The predicted molar refractivity (Wildman–Crippen MR) is 95.8 cm³/mol. The van der Waals surface area contributed by atoms with Gasteiger partial charge in [0.1, 0.15) is 5.82 Å². The number of para-hydroxylation sites is 2. The third kappa shape index (κ3) is 4.47. The Hall–Kier alpha value is -2.08. The minimum Gasteiger partial charge on any atom is -0.395 e. The SMILES string of the molecule is CCn1c(CNC(=O)N(CCO)CC(C)(C)C)nc2ccccc21. The lowest BCUT2D eigenvalue weighted by Crippen LogP contribution is -2.45. The van der Waals surface area contributed by atoms with Crippen molar-refractivity contribution in [3.63, 3.8) is 0 Å². The zero-order chi connectivity index (χ0) is 17.7. The van der Waals surface area contributed by atoms with E-state index < -0.39 is 0 Å². The van der Waals surface area contributed by atoms with Crippen LogP contribution in [0.3, 0.4) is 0 Å². The van der Waals surface area contributed by atoms with Gasteiger partial charge in [-0.25, -0.2) is 9.78 Å². The Morgan fingerprint density at radius 1 is 1.33 bits per heavy atom. The molecule has 0 atom stereocenters. The van der Waals surface area contributed by atoms with Gasteiger partial charge in [-0.05, 0) is 24.5 Å². The second kappa shape index (κ2) is 7.66. The van der Waals surface area contributed by atoms with Crippen molar-refractivity contribution in [3.8, 4) is 0 Å². The standard InChI is InChI=1S/C18H28N4O2/c1-5-22-15-9-7-6-8-14(15)20-16(22)12-19-17(24)21(10-11-23)13-18(2,3)4/h6-9,23H,5,10-13H2,1-4H3,(H,19,24). The molecule has 1 heterocycles. The molecule has 2 N–H and O–H groups in total. The largest absolute Gasteiger partial charge is 0.395 e. The van der Waals surface area contributed by atoms with Crippen LogP contribution >= 0.6 is 0 Å². The highest BCUT2D eigenvalue weighted by Gasteiger charge is 2.21. The predicted octanol–water partition coefficient (Wildman–Crippen LogP) is 2.61. The van der Waals surface area contributed by atoms with Crippen LogP contribution in [-0.4, -0.2) is 45.3 Å². The van der Waals surface area contributed by atoms with Crippen LogP contribution < -0.4 is 5.32 Å². The zero-order valence-corrected chi connectivity index (χ0v) is 15.0. The van der Waals surface area contributed by atoms with Gasteiger partial charge >= 0.3 is 6.03 Å². The van der Waals surface area contributed by atoms with Crippen molar-refractivity contribution in [2.45, 2.75) is 40.8 Å². The highest BCUT2D eigenvalue weighted by atomic mass is 16.3.